The van der Waals surface area contributed by atoms with Crippen molar-refractivity contribution in [2.75, 3.05) is 13.7 Å². The predicted molar refractivity (Wildman–Crippen MR) is 76.7 cm³/mol. The first kappa shape index (κ1) is 17.4. The summed E-state index contributed by atoms with van der Waals surface area (Å²) in [4.78, 5) is 11.5. The van der Waals surface area contributed by atoms with E-state index in [0.29, 0.717) is 0 Å². The Bertz CT molecular complexity index is 195. The minimum Gasteiger partial charge on any atom is -0.468 e. The van der Waals surface area contributed by atoms with Gasteiger partial charge in [0.1, 0.15) is 6.04 Å². The number of ether oxygens (including phenoxy) is 1. The molecule has 0 bridgehead atoms. The van der Waals surface area contributed by atoms with Crippen LogP contribution >= 0.6 is 0 Å². The molecule has 0 saturated carbocycles. The summed E-state index contributed by atoms with van der Waals surface area (Å²) in [6.45, 7) is 5.23. The Balaban J connectivity index is 3.59. The summed E-state index contributed by atoms with van der Waals surface area (Å²) >= 11 is 0. The van der Waals surface area contributed by atoms with Gasteiger partial charge in [-0.25, -0.2) is 0 Å². The maximum atomic E-state index is 11.5. The zero-order valence-corrected chi connectivity index (χ0v) is 12.5. The van der Waals surface area contributed by atoms with Crippen LogP contribution in [0.5, 0.6) is 0 Å². The molecule has 1 unspecified atom stereocenters. The molecule has 0 aliphatic rings. The van der Waals surface area contributed by atoms with E-state index in [9.17, 15) is 4.79 Å². The van der Waals surface area contributed by atoms with E-state index in [0.717, 1.165) is 25.8 Å². The highest BCUT2D eigenvalue weighted by Gasteiger charge is 2.16. The van der Waals surface area contributed by atoms with E-state index in [1.807, 2.05) is 0 Å². The summed E-state index contributed by atoms with van der Waals surface area (Å²) in [6, 6.07) is -0.106. The number of rotatable bonds is 12. The van der Waals surface area contributed by atoms with Crippen molar-refractivity contribution in [3.8, 4) is 0 Å². The van der Waals surface area contributed by atoms with Gasteiger partial charge in [0.15, 0.2) is 0 Å². The lowest BCUT2D eigenvalue weighted by molar-refractivity contribution is -0.143. The molecule has 0 saturated heterocycles. The molecule has 0 aromatic carbocycles. The van der Waals surface area contributed by atoms with Gasteiger partial charge in [0, 0.05) is 0 Å². The second-order valence-corrected chi connectivity index (χ2v) is 4.94. The normalized spacial score (nSPS) is 12.4. The number of carbonyl (C=O) groups excluding carboxylic acids is 1. The topological polar surface area (TPSA) is 38.3 Å². The molecule has 0 aliphatic carbocycles. The number of hydrogen-bond acceptors (Lipinski definition) is 3. The SMILES string of the molecule is CCCCCCCCCC(NCCC)C(=O)OC. The van der Waals surface area contributed by atoms with Gasteiger partial charge in [-0.15, -0.1) is 0 Å². The van der Waals surface area contributed by atoms with Crippen molar-refractivity contribution in [3.63, 3.8) is 0 Å². The predicted octanol–water partition coefficient (Wildman–Crippen LogP) is 3.67. The zero-order chi connectivity index (χ0) is 13.6. The van der Waals surface area contributed by atoms with E-state index >= 15 is 0 Å². The van der Waals surface area contributed by atoms with Crippen molar-refractivity contribution in [2.24, 2.45) is 0 Å². The maximum absolute atomic E-state index is 11.5. The highest BCUT2D eigenvalue weighted by Crippen LogP contribution is 2.10. The van der Waals surface area contributed by atoms with Crippen LogP contribution in [0.25, 0.3) is 0 Å². The molecule has 0 radical (unpaired) electrons. The molecule has 0 spiro atoms. The van der Waals surface area contributed by atoms with Gasteiger partial charge in [0.05, 0.1) is 7.11 Å². The van der Waals surface area contributed by atoms with Crippen molar-refractivity contribution in [2.45, 2.75) is 77.7 Å². The maximum Gasteiger partial charge on any atom is 0.322 e. The third kappa shape index (κ3) is 9.46. The van der Waals surface area contributed by atoms with E-state index in [1.54, 1.807) is 0 Å². The summed E-state index contributed by atoms with van der Waals surface area (Å²) in [7, 11) is 1.47. The number of methoxy groups -OCH3 is 1. The third-order valence-corrected chi connectivity index (χ3v) is 3.22. The monoisotopic (exact) mass is 257 g/mol. The lowest BCUT2D eigenvalue weighted by atomic mass is 10.0. The highest BCUT2D eigenvalue weighted by atomic mass is 16.5. The van der Waals surface area contributed by atoms with Crippen LogP contribution in [-0.4, -0.2) is 25.7 Å². The van der Waals surface area contributed by atoms with Gasteiger partial charge < -0.3 is 10.1 Å². The van der Waals surface area contributed by atoms with E-state index in [1.165, 1.54) is 45.6 Å². The van der Waals surface area contributed by atoms with Crippen LogP contribution in [0.4, 0.5) is 0 Å². The fourth-order valence-electron chi connectivity index (χ4n) is 2.07. The molecule has 108 valence electrons. The number of unbranched alkanes of at least 4 members (excludes halogenated alkanes) is 6. The quantitative estimate of drug-likeness (QED) is 0.428. The average molecular weight is 257 g/mol. The fraction of sp³-hybridized carbons (Fsp3) is 0.933. The van der Waals surface area contributed by atoms with Gasteiger partial charge in [-0.3, -0.25) is 4.79 Å². The van der Waals surface area contributed by atoms with Gasteiger partial charge in [0.2, 0.25) is 0 Å². The largest absolute Gasteiger partial charge is 0.468 e. The van der Waals surface area contributed by atoms with Crippen molar-refractivity contribution in [1.29, 1.82) is 0 Å². The smallest absolute Gasteiger partial charge is 0.322 e. The van der Waals surface area contributed by atoms with Crippen LogP contribution in [0.2, 0.25) is 0 Å². The molecular formula is C15H31NO2. The van der Waals surface area contributed by atoms with E-state index in [-0.39, 0.29) is 12.0 Å². The molecule has 0 amide bonds. The first-order chi connectivity index (χ1) is 8.76. The van der Waals surface area contributed by atoms with Crippen LogP contribution in [0, 0.1) is 0 Å². The van der Waals surface area contributed by atoms with Gasteiger partial charge in [-0.05, 0) is 19.4 Å². The van der Waals surface area contributed by atoms with Crippen LogP contribution in [-0.2, 0) is 9.53 Å². The molecule has 3 nitrogen and oxygen atoms in total. The second-order valence-electron chi connectivity index (χ2n) is 4.94. The van der Waals surface area contributed by atoms with E-state index in [4.69, 9.17) is 4.74 Å². The minimum atomic E-state index is -0.116. The van der Waals surface area contributed by atoms with Gasteiger partial charge in [-0.2, -0.15) is 0 Å². The average Bonchev–Trinajstić information content (AvgIpc) is 2.40. The summed E-state index contributed by atoms with van der Waals surface area (Å²) in [5.41, 5.74) is 0. The zero-order valence-electron chi connectivity index (χ0n) is 12.5. The molecule has 0 heterocycles. The lowest BCUT2D eigenvalue weighted by Crippen LogP contribution is -2.38. The number of nitrogens with one attached hydrogen (secondary N) is 1. The van der Waals surface area contributed by atoms with Gasteiger partial charge in [0.25, 0.3) is 0 Å². The molecule has 0 aliphatic heterocycles. The number of hydrogen-bond donors (Lipinski definition) is 1. The van der Waals surface area contributed by atoms with Crippen LogP contribution in [0.3, 0.4) is 0 Å². The van der Waals surface area contributed by atoms with E-state index in [2.05, 4.69) is 19.2 Å². The molecular weight excluding hydrogens is 226 g/mol. The van der Waals surface area contributed by atoms with E-state index < -0.39 is 0 Å². The highest BCUT2D eigenvalue weighted by molar-refractivity contribution is 5.75. The van der Waals surface area contributed by atoms with Crippen molar-refractivity contribution >= 4 is 5.97 Å². The Morgan fingerprint density at radius 2 is 1.61 bits per heavy atom. The summed E-state index contributed by atoms with van der Waals surface area (Å²) in [6.07, 6.45) is 10.9. The summed E-state index contributed by atoms with van der Waals surface area (Å²) in [5, 5.41) is 3.26. The Morgan fingerprint density at radius 3 is 2.17 bits per heavy atom. The van der Waals surface area contributed by atoms with Crippen LogP contribution < -0.4 is 5.32 Å². The summed E-state index contributed by atoms with van der Waals surface area (Å²) in [5.74, 6) is -0.116. The minimum absolute atomic E-state index is 0.106. The Labute approximate surface area is 113 Å². The second kappa shape index (κ2) is 12.9. The molecule has 0 fully saturated rings. The first-order valence-corrected chi connectivity index (χ1v) is 7.57. The molecule has 0 rings (SSSR count). The molecule has 0 aromatic rings. The Kier molecular flexibility index (Phi) is 12.5. The van der Waals surface area contributed by atoms with Crippen LogP contribution in [0.1, 0.15) is 71.6 Å². The number of esters is 1. The molecule has 18 heavy (non-hydrogen) atoms. The molecule has 3 heteroatoms. The summed E-state index contributed by atoms with van der Waals surface area (Å²) < 4.78 is 4.82. The van der Waals surface area contributed by atoms with Crippen molar-refractivity contribution in [3.05, 3.63) is 0 Å². The molecule has 0 aromatic heterocycles. The standard InChI is InChI=1S/C15H31NO2/c1-4-6-7-8-9-10-11-12-14(15(17)18-3)16-13-5-2/h14,16H,4-13H2,1-3H3. The third-order valence-electron chi connectivity index (χ3n) is 3.22. The van der Waals surface area contributed by atoms with Gasteiger partial charge in [-0.1, -0.05) is 58.8 Å². The molecule has 1 atom stereocenters. The van der Waals surface area contributed by atoms with Crippen LogP contribution in [0.15, 0.2) is 0 Å². The molecule has 1 N–H and O–H groups in total. The number of carbonyl (C=O) groups is 1. The fourth-order valence-corrected chi connectivity index (χ4v) is 2.07. The van der Waals surface area contributed by atoms with Gasteiger partial charge >= 0.3 is 5.97 Å². The lowest BCUT2D eigenvalue weighted by Gasteiger charge is -2.15. The van der Waals surface area contributed by atoms with Crippen molar-refractivity contribution < 1.29 is 9.53 Å². The van der Waals surface area contributed by atoms with Crippen molar-refractivity contribution in [1.82, 2.24) is 5.32 Å². The Hall–Kier alpha value is -0.570. The first-order valence-electron chi connectivity index (χ1n) is 7.57. The Morgan fingerprint density at radius 1 is 1.00 bits per heavy atom.